The fourth-order valence-electron chi connectivity index (χ4n) is 2.54. The molecule has 0 fully saturated rings. The average Bonchev–Trinajstić information content (AvgIpc) is 2.76. The third-order valence-corrected chi connectivity index (χ3v) is 5.56. The molecule has 2 rings (SSSR count). The minimum absolute atomic E-state index is 0.199. The molecule has 11 nitrogen and oxygen atoms in total. The normalized spacial score (nSPS) is 11.2. The molecule has 0 spiro atoms. The summed E-state index contributed by atoms with van der Waals surface area (Å²) in [5.74, 6) is -2.17. The van der Waals surface area contributed by atoms with Crippen molar-refractivity contribution in [3.05, 3.63) is 57.6 Å². The van der Waals surface area contributed by atoms with Crippen molar-refractivity contribution in [2.75, 3.05) is 13.7 Å². The Morgan fingerprint density at radius 3 is 2.30 bits per heavy atom. The molecule has 0 aliphatic rings. The number of nitrogens with zero attached hydrogens (tertiary/aromatic N) is 1. The summed E-state index contributed by atoms with van der Waals surface area (Å²) in [6, 6.07) is 6.67. The van der Waals surface area contributed by atoms with E-state index in [1.54, 1.807) is 0 Å². The van der Waals surface area contributed by atoms with Gasteiger partial charge in [-0.15, -0.1) is 0 Å². The van der Waals surface area contributed by atoms with Crippen LogP contribution in [0.25, 0.3) is 0 Å². The van der Waals surface area contributed by atoms with Crippen molar-refractivity contribution in [3.8, 4) is 11.5 Å². The lowest BCUT2D eigenvalue weighted by atomic mass is 10.1. The number of methoxy groups -OCH3 is 1. The molecular weight excluding hydrogens is 470 g/mol. The largest absolute Gasteiger partial charge is 0.493 e. The van der Waals surface area contributed by atoms with E-state index in [9.17, 15) is 36.9 Å². The molecule has 0 aliphatic carbocycles. The predicted molar refractivity (Wildman–Crippen MR) is 108 cm³/mol. The van der Waals surface area contributed by atoms with Gasteiger partial charge in [-0.05, 0) is 25.1 Å². The zero-order valence-electron chi connectivity index (χ0n) is 17.2. The smallest absolute Gasteiger partial charge is 0.387 e. The minimum Gasteiger partial charge on any atom is -0.493 e. The molecule has 0 heterocycles. The number of nitro benzene ring substituents is 1. The Hall–Kier alpha value is -3.65. The molecule has 178 valence electrons. The van der Waals surface area contributed by atoms with Gasteiger partial charge in [0.15, 0.2) is 17.3 Å². The maximum atomic E-state index is 12.5. The standard InChI is InChI=1S/C19H18F2N2O9S/c1-11(24)12-3-5-14(6-4-12)33(28,29)22-9-18(25)31-10-13-7-16(30-2)17(32-19(20)21)8-15(13)23(26)27/h3-8,19,22H,9-10H2,1-2H3. The summed E-state index contributed by atoms with van der Waals surface area (Å²) in [5.41, 5.74) is -0.574. The number of carbonyl (C=O) groups excluding carboxylic acids is 2. The van der Waals surface area contributed by atoms with Gasteiger partial charge in [0, 0.05) is 5.56 Å². The monoisotopic (exact) mass is 488 g/mol. The van der Waals surface area contributed by atoms with Crippen LogP contribution in [-0.2, 0) is 26.2 Å². The van der Waals surface area contributed by atoms with E-state index in [0.29, 0.717) is 11.6 Å². The second-order valence-electron chi connectivity index (χ2n) is 6.33. The van der Waals surface area contributed by atoms with Crippen molar-refractivity contribution in [2.24, 2.45) is 0 Å². The molecule has 2 aromatic rings. The number of ether oxygens (including phenoxy) is 3. The van der Waals surface area contributed by atoms with Crippen molar-refractivity contribution in [1.82, 2.24) is 4.72 Å². The first-order valence-corrected chi connectivity index (χ1v) is 10.5. The van der Waals surface area contributed by atoms with Crippen LogP contribution in [0.2, 0.25) is 0 Å². The van der Waals surface area contributed by atoms with E-state index >= 15 is 0 Å². The van der Waals surface area contributed by atoms with Crippen molar-refractivity contribution in [1.29, 1.82) is 0 Å². The lowest BCUT2D eigenvalue weighted by molar-refractivity contribution is -0.386. The number of alkyl halides is 2. The summed E-state index contributed by atoms with van der Waals surface area (Å²) < 4.78 is 65.4. The maximum Gasteiger partial charge on any atom is 0.387 e. The lowest BCUT2D eigenvalue weighted by Crippen LogP contribution is -2.30. The van der Waals surface area contributed by atoms with E-state index in [0.717, 1.165) is 13.2 Å². The van der Waals surface area contributed by atoms with E-state index in [1.165, 1.54) is 31.2 Å². The molecule has 0 bridgehead atoms. The number of nitrogens with one attached hydrogen (secondary N) is 1. The number of esters is 1. The van der Waals surface area contributed by atoms with Crippen LogP contribution in [0.5, 0.6) is 11.5 Å². The first-order valence-electron chi connectivity index (χ1n) is 9.01. The number of sulfonamides is 1. The Kier molecular flexibility index (Phi) is 8.37. The molecule has 0 saturated carbocycles. The highest BCUT2D eigenvalue weighted by Gasteiger charge is 2.23. The van der Waals surface area contributed by atoms with E-state index in [-0.39, 0.29) is 22.0 Å². The summed E-state index contributed by atoms with van der Waals surface area (Å²) in [5, 5.41) is 11.3. The van der Waals surface area contributed by atoms with Gasteiger partial charge in [-0.2, -0.15) is 13.5 Å². The number of nitro groups is 1. The summed E-state index contributed by atoms with van der Waals surface area (Å²) in [6.07, 6.45) is 0. The molecule has 0 aromatic heterocycles. The van der Waals surface area contributed by atoms with Crippen molar-refractivity contribution in [3.63, 3.8) is 0 Å². The first-order chi connectivity index (χ1) is 15.4. The van der Waals surface area contributed by atoms with Crippen LogP contribution in [-0.4, -0.2) is 45.4 Å². The third kappa shape index (κ3) is 6.92. The van der Waals surface area contributed by atoms with Crippen LogP contribution in [0.4, 0.5) is 14.5 Å². The average molecular weight is 488 g/mol. The van der Waals surface area contributed by atoms with Crippen LogP contribution >= 0.6 is 0 Å². The lowest BCUT2D eigenvalue weighted by Gasteiger charge is -2.12. The van der Waals surface area contributed by atoms with Gasteiger partial charge in [0.25, 0.3) is 5.69 Å². The van der Waals surface area contributed by atoms with E-state index in [1.807, 2.05) is 4.72 Å². The molecular formula is C19H18F2N2O9S. The highest BCUT2D eigenvalue weighted by atomic mass is 32.2. The zero-order valence-corrected chi connectivity index (χ0v) is 18.1. The minimum atomic E-state index is -4.11. The molecule has 0 aliphatic heterocycles. The Bertz CT molecular complexity index is 1150. The number of Topliss-reactive ketones (excluding diaryl/α,β-unsaturated/α-hetero) is 1. The van der Waals surface area contributed by atoms with Gasteiger partial charge in [0.2, 0.25) is 10.0 Å². The molecule has 0 atom stereocenters. The Labute approximate surface area is 186 Å². The van der Waals surface area contributed by atoms with Crippen LogP contribution in [0, 0.1) is 10.1 Å². The second-order valence-corrected chi connectivity index (χ2v) is 8.10. The van der Waals surface area contributed by atoms with Crippen LogP contribution in [0.3, 0.4) is 0 Å². The molecule has 0 unspecified atom stereocenters. The highest BCUT2D eigenvalue weighted by Crippen LogP contribution is 2.36. The molecule has 0 radical (unpaired) electrons. The van der Waals surface area contributed by atoms with Crippen LogP contribution in [0.15, 0.2) is 41.3 Å². The fourth-order valence-corrected chi connectivity index (χ4v) is 3.51. The van der Waals surface area contributed by atoms with Gasteiger partial charge in [0.1, 0.15) is 13.2 Å². The van der Waals surface area contributed by atoms with Gasteiger partial charge >= 0.3 is 12.6 Å². The number of hydrogen-bond acceptors (Lipinski definition) is 9. The quantitative estimate of drug-likeness (QED) is 0.218. The van der Waals surface area contributed by atoms with Crippen molar-refractivity contribution < 1.29 is 45.9 Å². The van der Waals surface area contributed by atoms with E-state index < -0.39 is 52.1 Å². The van der Waals surface area contributed by atoms with Gasteiger partial charge in [-0.25, -0.2) is 8.42 Å². The summed E-state index contributed by atoms with van der Waals surface area (Å²) in [7, 11) is -2.99. The molecule has 0 amide bonds. The van der Waals surface area contributed by atoms with E-state index in [4.69, 9.17) is 9.47 Å². The van der Waals surface area contributed by atoms with Crippen molar-refractivity contribution >= 4 is 27.5 Å². The van der Waals surface area contributed by atoms with Crippen molar-refractivity contribution in [2.45, 2.75) is 25.0 Å². The number of ketones is 1. The maximum absolute atomic E-state index is 12.5. The molecule has 14 heteroatoms. The Morgan fingerprint density at radius 2 is 1.79 bits per heavy atom. The van der Waals surface area contributed by atoms with Gasteiger partial charge in [0.05, 0.1) is 28.6 Å². The summed E-state index contributed by atoms with van der Waals surface area (Å²) in [6.45, 7) is -3.41. The number of carbonyl (C=O) groups is 2. The number of halogens is 2. The summed E-state index contributed by atoms with van der Waals surface area (Å²) >= 11 is 0. The van der Waals surface area contributed by atoms with Crippen LogP contribution in [0.1, 0.15) is 22.8 Å². The molecule has 0 saturated heterocycles. The number of rotatable bonds is 11. The van der Waals surface area contributed by atoms with Gasteiger partial charge in [-0.3, -0.25) is 19.7 Å². The highest BCUT2D eigenvalue weighted by molar-refractivity contribution is 7.89. The zero-order chi connectivity index (χ0) is 24.8. The summed E-state index contributed by atoms with van der Waals surface area (Å²) in [4.78, 5) is 33.4. The fraction of sp³-hybridized carbons (Fsp3) is 0.263. The van der Waals surface area contributed by atoms with E-state index in [2.05, 4.69) is 4.74 Å². The first kappa shape index (κ1) is 25.6. The SMILES string of the molecule is COc1cc(COC(=O)CNS(=O)(=O)c2ccc(C(C)=O)cc2)c([N+](=O)[O-])cc1OC(F)F. The molecule has 2 aromatic carbocycles. The Morgan fingerprint density at radius 1 is 1.15 bits per heavy atom. The number of hydrogen-bond donors (Lipinski definition) is 1. The van der Waals surface area contributed by atoms with Gasteiger partial charge < -0.3 is 14.2 Å². The topological polar surface area (TPSA) is 151 Å². The van der Waals surface area contributed by atoms with Crippen LogP contribution < -0.4 is 14.2 Å². The second kappa shape index (κ2) is 10.8. The molecule has 1 N–H and O–H groups in total. The molecule has 33 heavy (non-hydrogen) atoms. The Balaban J connectivity index is 2.07. The van der Waals surface area contributed by atoms with Gasteiger partial charge in [-0.1, -0.05) is 12.1 Å². The number of benzene rings is 2. The third-order valence-electron chi connectivity index (χ3n) is 4.14. The predicted octanol–water partition coefficient (Wildman–Crippen LogP) is 2.43.